The minimum atomic E-state index is -0.107. The van der Waals surface area contributed by atoms with Crippen LogP contribution in [0.5, 0.6) is 0 Å². The zero-order valence-corrected chi connectivity index (χ0v) is 12.2. The molecule has 1 aliphatic heterocycles. The number of hydrogen-bond acceptors (Lipinski definition) is 4. The van der Waals surface area contributed by atoms with Crippen molar-refractivity contribution in [2.45, 2.75) is 0 Å². The summed E-state index contributed by atoms with van der Waals surface area (Å²) in [5.41, 5.74) is 1.19. The highest BCUT2D eigenvalue weighted by Crippen LogP contribution is 2.32. The largest absolute Gasteiger partial charge is 0.307 e. The quantitative estimate of drug-likeness (QED) is 0.674. The van der Waals surface area contributed by atoms with Gasteiger partial charge in [-0.3, -0.25) is 4.79 Å². The molecule has 1 fully saturated rings. The number of benzene rings is 1. The second-order valence-corrected chi connectivity index (χ2v) is 6.75. The highest BCUT2D eigenvalue weighted by molar-refractivity contribution is 8.26. The Bertz CT molecular complexity index is 673. The highest BCUT2D eigenvalue weighted by Gasteiger charge is 2.22. The molecule has 1 aliphatic rings. The van der Waals surface area contributed by atoms with Gasteiger partial charge in [0.15, 0.2) is 0 Å². The van der Waals surface area contributed by atoms with Crippen molar-refractivity contribution in [1.82, 2.24) is 5.32 Å². The minimum Gasteiger partial charge on any atom is -0.307 e. The third-order valence-corrected chi connectivity index (χ3v) is 4.84. The first kappa shape index (κ1) is 12.6. The van der Waals surface area contributed by atoms with E-state index in [1.807, 2.05) is 30.3 Å². The zero-order valence-electron chi connectivity index (χ0n) is 9.75. The number of carbonyl (C=O) groups is 1. The lowest BCUT2D eigenvalue weighted by Crippen LogP contribution is -2.17. The Morgan fingerprint density at radius 3 is 2.58 bits per heavy atom. The maximum absolute atomic E-state index is 11.6. The van der Waals surface area contributed by atoms with Gasteiger partial charge in [0.2, 0.25) is 0 Å². The molecule has 0 spiro atoms. The average Bonchev–Trinajstić information content (AvgIpc) is 2.99. The maximum atomic E-state index is 11.6. The van der Waals surface area contributed by atoms with E-state index >= 15 is 0 Å². The summed E-state index contributed by atoms with van der Waals surface area (Å²) in [6, 6.07) is 14.3. The Morgan fingerprint density at radius 2 is 1.89 bits per heavy atom. The molecule has 0 bridgehead atoms. The van der Waals surface area contributed by atoms with E-state index < -0.39 is 0 Å². The molecule has 3 rings (SSSR count). The van der Waals surface area contributed by atoms with E-state index in [-0.39, 0.29) is 5.91 Å². The van der Waals surface area contributed by atoms with Gasteiger partial charge >= 0.3 is 0 Å². The summed E-state index contributed by atoms with van der Waals surface area (Å²) in [6.07, 6.45) is 1.89. The molecule has 2 heterocycles. The standard InChI is InChI=1S/C14H9NOS3/c16-13-12(19-14(17)15-13)8-10-6-7-11(18-10)9-4-2-1-3-5-9/h1-8H,(H,15,16,17)/b12-8-. The van der Waals surface area contributed by atoms with Crippen molar-refractivity contribution >= 4 is 51.6 Å². The number of thiocarbonyl (C=S) groups is 1. The molecule has 1 amide bonds. The van der Waals surface area contributed by atoms with Gasteiger partial charge in [0.1, 0.15) is 4.32 Å². The molecule has 19 heavy (non-hydrogen) atoms. The molecule has 2 nitrogen and oxygen atoms in total. The summed E-state index contributed by atoms with van der Waals surface area (Å²) in [5, 5.41) is 2.62. The van der Waals surface area contributed by atoms with Gasteiger partial charge in [-0.05, 0) is 23.8 Å². The first-order valence-corrected chi connectivity index (χ1v) is 7.66. The normalized spacial score (nSPS) is 16.9. The van der Waals surface area contributed by atoms with E-state index in [2.05, 4.69) is 23.5 Å². The number of carbonyl (C=O) groups excluding carboxylic acids is 1. The summed E-state index contributed by atoms with van der Waals surface area (Å²) < 4.78 is 0.524. The molecule has 1 N–H and O–H groups in total. The highest BCUT2D eigenvalue weighted by atomic mass is 32.2. The first-order chi connectivity index (χ1) is 9.22. The Morgan fingerprint density at radius 1 is 1.11 bits per heavy atom. The van der Waals surface area contributed by atoms with Gasteiger partial charge in [-0.1, -0.05) is 54.3 Å². The Kier molecular flexibility index (Phi) is 3.50. The molecule has 1 aromatic carbocycles. The van der Waals surface area contributed by atoms with Crippen molar-refractivity contribution in [1.29, 1.82) is 0 Å². The lowest BCUT2D eigenvalue weighted by Gasteiger charge is -1.94. The fraction of sp³-hybridized carbons (Fsp3) is 0. The third-order valence-electron chi connectivity index (χ3n) is 2.60. The lowest BCUT2D eigenvalue weighted by molar-refractivity contribution is -0.115. The molecule has 0 aliphatic carbocycles. The fourth-order valence-electron chi connectivity index (χ4n) is 1.74. The Hall–Kier alpha value is -1.43. The van der Waals surface area contributed by atoms with Gasteiger partial charge in [0.05, 0.1) is 4.91 Å². The number of hydrogen-bond donors (Lipinski definition) is 1. The van der Waals surface area contributed by atoms with Crippen LogP contribution in [0.1, 0.15) is 4.88 Å². The van der Waals surface area contributed by atoms with Crippen LogP contribution < -0.4 is 5.32 Å². The van der Waals surface area contributed by atoms with Crippen molar-refractivity contribution in [3.8, 4) is 10.4 Å². The molecular formula is C14H9NOS3. The fourth-order valence-corrected chi connectivity index (χ4v) is 3.80. The maximum Gasteiger partial charge on any atom is 0.263 e. The van der Waals surface area contributed by atoms with Crippen LogP contribution in [0.4, 0.5) is 0 Å². The van der Waals surface area contributed by atoms with Crippen LogP contribution in [0.2, 0.25) is 0 Å². The van der Waals surface area contributed by atoms with Gasteiger partial charge in [-0.2, -0.15) is 0 Å². The topological polar surface area (TPSA) is 29.1 Å². The zero-order chi connectivity index (χ0) is 13.2. The lowest BCUT2D eigenvalue weighted by atomic mass is 10.2. The van der Waals surface area contributed by atoms with E-state index in [9.17, 15) is 4.79 Å². The summed E-state index contributed by atoms with van der Waals surface area (Å²) in [7, 11) is 0. The van der Waals surface area contributed by atoms with E-state index in [1.54, 1.807) is 11.3 Å². The summed E-state index contributed by atoms with van der Waals surface area (Å²) >= 11 is 7.94. The molecule has 1 saturated heterocycles. The van der Waals surface area contributed by atoms with Crippen LogP contribution in [0.3, 0.4) is 0 Å². The number of rotatable bonds is 2. The summed E-state index contributed by atoms with van der Waals surface area (Å²) in [6.45, 7) is 0. The van der Waals surface area contributed by atoms with Crippen LogP contribution >= 0.6 is 35.3 Å². The predicted molar refractivity (Wildman–Crippen MR) is 86.1 cm³/mol. The van der Waals surface area contributed by atoms with Crippen LogP contribution in [-0.2, 0) is 4.79 Å². The number of thioether (sulfide) groups is 1. The van der Waals surface area contributed by atoms with Gasteiger partial charge in [0, 0.05) is 9.75 Å². The molecule has 0 unspecified atom stereocenters. The number of nitrogens with one attached hydrogen (secondary N) is 1. The third kappa shape index (κ3) is 2.78. The van der Waals surface area contributed by atoms with Crippen LogP contribution in [0.25, 0.3) is 16.5 Å². The number of thiophene rings is 1. The van der Waals surface area contributed by atoms with Crippen LogP contribution in [0, 0.1) is 0 Å². The monoisotopic (exact) mass is 303 g/mol. The molecule has 5 heteroatoms. The van der Waals surface area contributed by atoms with E-state index in [0.717, 1.165) is 4.88 Å². The average molecular weight is 303 g/mol. The molecular weight excluding hydrogens is 294 g/mol. The van der Waals surface area contributed by atoms with E-state index in [1.165, 1.54) is 22.2 Å². The van der Waals surface area contributed by atoms with Crippen LogP contribution in [0.15, 0.2) is 47.4 Å². The molecule has 0 atom stereocenters. The first-order valence-electron chi connectivity index (χ1n) is 5.62. The smallest absolute Gasteiger partial charge is 0.263 e. The van der Waals surface area contributed by atoms with Crippen molar-refractivity contribution in [3.63, 3.8) is 0 Å². The van der Waals surface area contributed by atoms with Crippen LogP contribution in [-0.4, -0.2) is 10.2 Å². The van der Waals surface area contributed by atoms with E-state index in [4.69, 9.17) is 12.2 Å². The SMILES string of the molecule is O=C1NC(=S)S/C1=C\c1ccc(-c2ccccc2)s1. The minimum absolute atomic E-state index is 0.107. The van der Waals surface area contributed by atoms with Crippen molar-refractivity contribution in [2.24, 2.45) is 0 Å². The second-order valence-electron chi connectivity index (χ2n) is 3.92. The van der Waals surface area contributed by atoms with Gasteiger partial charge in [0.25, 0.3) is 5.91 Å². The molecule has 2 aromatic rings. The van der Waals surface area contributed by atoms with Gasteiger partial charge in [-0.25, -0.2) is 0 Å². The van der Waals surface area contributed by atoms with E-state index in [0.29, 0.717) is 9.23 Å². The van der Waals surface area contributed by atoms with Crippen molar-refractivity contribution in [2.75, 3.05) is 0 Å². The Labute approximate surface area is 124 Å². The molecule has 0 saturated carbocycles. The molecule has 0 radical (unpaired) electrons. The van der Waals surface area contributed by atoms with Gasteiger partial charge < -0.3 is 5.32 Å². The Balaban J connectivity index is 1.89. The van der Waals surface area contributed by atoms with Crippen molar-refractivity contribution < 1.29 is 4.79 Å². The second kappa shape index (κ2) is 5.28. The van der Waals surface area contributed by atoms with Crippen molar-refractivity contribution in [3.05, 3.63) is 52.2 Å². The summed E-state index contributed by atoms with van der Waals surface area (Å²) in [5.74, 6) is -0.107. The predicted octanol–water partition coefficient (Wildman–Crippen LogP) is 3.90. The number of amides is 1. The molecule has 94 valence electrons. The van der Waals surface area contributed by atoms with Gasteiger partial charge in [-0.15, -0.1) is 11.3 Å². The summed E-state index contributed by atoms with van der Waals surface area (Å²) in [4.78, 5) is 14.5. The molecule has 1 aromatic heterocycles.